The summed E-state index contributed by atoms with van der Waals surface area (Å²) in [6.07, 6.45) is 0. The van der Waals surface area contributed by atoms with Crippen LogP contribution in [0.15, 0.2) is 35.1 Å². The Morgan fingerprint density at radius 2 is 1.86 bits per heavy atom. The Bertz CT molecular complexity index is 605. The summed E-state index contributed by atoms with van der Waals surface area (Å²) >= 11 is 0. The molecule has 0 saturated heterocycles. The molecule has 1 aromatic heterocycles. The van der Waals surface area contributed by atoms with Crippen molar-refractivity contribution in [2.24, 2.45) is 0 Å². The van der Waals surface area contributed by atoms with E-state index in [1.54, 1.807) is 12.1 Å². The minimum Gasteiger partial charge on any atom is -0.322 e. The first-order chi connectivity index (χ1) is 6.68. The molecule has 1 heterocycles. The number of hydrogen-bond donors (Lipinski definition) is 1. The molecule has 0 amide bonds. The maximum absolute atomic E-state index is 11.0. The molecule has 0 aliphatic rings. The minimum atomic E-state index is -2.63. The van der Waals surface area contributed by atoms with Crippen LogP contribution in [0, 0.1) is 0 Å². The molecular weight excluding hydrogens is 201 g/mol. The van der Waals surface area contributed by atoms with Crippen LogP contribution in [-0.4, -0.2) is 4.98 Å². The number of benzene rings is 1. The minimum absolute atomic E-state index is 0.230. The molecule has 0 fully saturated rings. The van der Waals surface area contributed by atoms with Crippen LogP contribution >= 0.6 is 7.68 Å². The monoisotopic (exact) mass is 207 g/mol. The first-order valence-corrected chi connectivity index (χ1v) is 5.13. The zero-order valence-electron chi connectivity index (χ0n) is 7.06. The number of hydrogen-bond acceptors (Lipinski definition) is 3. The van der Waals surface area contributed by atoms with Crippen molar-refractivity contribution < 1.29 is 9.13 Å². The molecule has 2 rings (SSSR count). The number of aromatic nitrogens is 1. The zero-order chi connectivity index (χ0) is 10.1. The molecule has 0 aliphatic heterocycles. The number of nitrogens with one attached hydrogen (secondary N) is 1. The molecule has 14 heavy (non-hydrogen) atoms. The molecule has 1 aromatic carbocycles. The first kappa shape index (κ1) is 8.91. The van der Waals surface area contributed by atoms with Gasteiger partial charge in [-0.2, -0.15) is 0 Å². The van der Waals surface area contributed by atoms with Gasteiger partial charge in [-0.25, -0.2) is 9.13 Å². The van der Waals surface area contributed by atoms with Crippen LogP contribution in [0.25, 0.3) is 10.9 Å². The fourth-order valence-electron chi connectivity index (χ4n) is 1.33. The Labute approximate surface area is 79.4 Å². The Morgan fingerprint density at radius 1 is 1.07 bits per heavy atom. The zero-order valence-corrected chi connectivity index (χ0v) is 7.95. The van der Waals surface area contributed by atoms with E-state index in [0.717, 1.165) is 0 Å². The van der Waals surface area contributed by atoms with Gasteiger partial charge in [0, 0.05) is 17.0 Å². The van der Waals surface area contributed by atoms with Crippen LogP contribution < -0.4 is 10.9 Å². The second-order valence-electron chi connectivity index (χ2n) is 2.82. The highest BCUT2D eigenvalue weighted by molar-refractivity contribution is 7.41. The summed E-state index contributed by atoms with van der Waals surface area (Å²) in [6, 6.07) is 7.59. The van der Waals surface area contributed by atoms with Gasteiger partial charge in [0.1, 0.15) is 0 Å². The SMILES string of the molecule is O=c1ccc2c(P(=O)=O)cccc2[nH]1. The standard InChI is InChI=1S/C9H6NO3P/c11-9-5-4-6-7(10-9)2-1-3-8(6)14(12)13/h1-5H,(H,10,11). The average Bonchev–Trinajstić information content (AvgIpc) is 2.16. The molecule has 5 heteroatoms. The van der Waals surface area contributed by atoms with Gasteiger partial charge in [0.25, 0.3) is 0 Å². The Morgan fingerprint density at radius 3 is 2.57 bits per heavy atom. The molecule has 1 N–H and O–H groups in total. The van der Waals surface area contributed by atoms with Gasteiger partial charge in [0.05, 0.1) is 5.30 Å². The highest BCUT2D eigenvalue weighted by Gasteiger charge is 2.04. The summed E-state index contributed by atoms with van der Waals surface area (Å²) in [4.78, 5) is 13.5. The number of fused-ring (bicyclic) bond motifs is 1. The summed E-state index contributed by atoms with van der Waals surface area (Å²) in [5, 5.41) is 0.775. The Balaban J connectivity index is 2.95. The third-order valence-corrected chi connectivity index (χ3v) is 2.72. The van der Waals surface area contributed by atoms with E-state index < -0.39 is 7.68 Å². The summed E-state index contributed by atoms with van der Waals surface area (Å²) in [7, 11) is -2.63. The second-order valence-corrected chi connectivity index (χ2v) is 3.81. The predicted octanol–water partition coefficient (Wildman–Crippen LogP) is 1.33. The lowest BCUT2D eigenvalue weighted by molar-refractivity contribution is 0.523. The lowest BCUT2D eigenvalue weighted by Gasteiger charge is -1.97. The highest BCUT2D eigenvalue weighted by Crippen LogP contribution is 2.14. The quantitative estimate of drug-likeness (QED) is 0.717. The van der Waals surface area contributed by atoms with E-state index in [-0.39, 0.29) is 10.9 Å². The Kier molecular flexibility index (Phi) is 2.06. The van der Waals surface area contributed by atoms with Crippen molar-refractivity contribution in [2.75, 3.05) is 0 Å². The molecule has 0 bridgehead atoms. The van der Waals surface area contributed by atoms with Crippen LogP contribution in [0.2, 0.25) is 0 Å². The average molecular weight is 207 g/mol. The smallest absolute Gasteiger partial charge is 0.322 e. The molecule has 0 spiro atoms. The van der Waals surface area contributed by atoms with Crippen LogP contribution in [-0.2, 0) is 9.13 Å². The van der Waals surface area contributed by atoms with E-state index in [1.165, 1.54) is 18.2 Å². The van der Waals surface area contributed by atoms with E-state index in [9.17, 15) is 13.9 Å². The summed E-state index contributed by atoms with van der Waals surface area (Å²) in [5.74, 6) is 0. The maximum Gasteiger partial charge on any atom is 0.349 e. The fraction of sp³-hybridized carbons (Fsp3) is 0. The molecule has 0 aliphatic carbocycles. The summed E-state index contributed by atoms with van der Waals surface area (Å²) in [5.41, 5.74) is 0.296. The number of pyridine rings is 1. The van der Waals surface area contributed by atoms with Crippen LogP contribution in [0.5, 0.6) is 0 Å². The Hall–Kier alpha value is -1.67. The third-order valence-electron chi connectivity index (χ3n) is 1.94. The van der Waals surface area contributed by atoms with E-state index in [1.807, 2.05) is 0 Å². The summed E-state index contributed by atoms with van der Waals surface area (Å²) in [6.45, 7) is 0. The van der Waals surface area contributed by atoms with Crippen molar-refractivity contribution in [1.82, 2.24) is 4.98 Å². The van der Waals surface area contributed by atoms with Crippen LogP contribution in [0.3, 0.4) is 0 Å². The number of aromatic amines is 1. The van der Waals surface area contributed by atoms with Gasteiger partial charge >= 0.3 is 7.68 Å². The van der Waals surface area contributed by atoms with Crippen molar-refractivity contribution in [3.63, 3.8) is 0 Å². The van der Waals surface area contributed by atoms with Gasteiger partial charge in [0.15, 0.2) is 0 Å². The van der Waals surface area contributed by atoms with Gasteiger partial charge in [-0.05, 0) is 18.2 Å². The van der Waals surface area contributed by atoms with E-state index in [2.05, 4.69) is 4.98 Å². The van der Waals surface area contributed by atoms with E-state index >= 15 is 0 Å². The van der Waals surface area contributed by atoms with Gasteiger partial charge in [0.2, 0.25) is 5.56 Å². The van der Waals surface area contributed by atoms with Crippen molar-refractivity contribution in [2.45, 2.75) is 0 Å². The van der Waals surface area contributed by atoms with Crippen molar-refractivity contribution in [3.8, 4) is 0 Å². The van der Waals surface area contributed by atoms with Gasteiger partial charge < -0.3 is 4.98 Å². The largest absolute Gasteiger partial charge is 0.349 e. The van der Waals surface area contributed by atoms with E-state index in [4.69, 9.17) is 0 Å². The third kappa shape index (κ3) is 1.40. The fourth-order valence-corrected chi connectivity index (χ4v) is 1.93. The van der Waals surface area contributed by atoms with Crippen molar-refractivity contribution in [1.29, 1.82) is 0 Å². The van der Waals surface area contributed by atoms with Gasteiger partial charge in [-0.1, -0.05) is 6.07 Å². The molecular formula is C9H6NO3P. The first-order valence-electron chi connectivity index (χ1n) is 3.95. The highest BCUT2D eigenvalue weighted by atomic mass is 31.1. The molecule has 0 atom stereocenters. The predicted molar refractivity (Wildman–Crippen MR) is 52.5 cm³/mol. The van der Waals surface area contributed by atoms with Gasteiger partial charge in [-0.3, -0.25) is 4.79 Å². The number of rotatable bonds is 1. The van der Waals surface area contributed by atoms with Crippen molar-refractivity contribution in [3.05, 3.63) is 40.7 Å². The van der Waals surface area contributed by atoms with Crippen LogP contribution in [0.1, 0.15) is 0 Å². The summed E-state index contributed by atoms with van der Waals surface area (Å²) < 4.78 is 21.7. The molecule has 0 saturated carbocycles. The lowest BCUT2D eigenvalue weighted by atomic mass is 10.2. The number of H-pyrrole nitrogens is 1. The maximum atomic E-state index is 11.0. The second kappa shape index (κ2) is 3.24. The molecule has 0 radical (unpaired) electrons. The molecule has 4 nitrogen and oxygen atoms in total. The molecule has 70 valence electrons. The van der Waals surface area contributed by atoms with Gasteiger partial charge in [-0.15, -0.1) is 0 Å². The molecule has 2 aromatic rings. The van der Waals surface area contributed by atoms with Crippen LogP contribution in [0.4, 0.5) is 0 Å². The van der Waals surface area contributed by atoms with E-state index in [0.29, 0.717) is 10.9 Å². The normalized spacial score (nSPS) is 10.3. The van der Waals surface area contributed by atoms with Crippen molar-refractivity contribution >= 4 is 23.9 Å². The molecule has 0 unspecified atom stereocenters. The topological polar surface area (TPSA) is 67.0 Å². The lowest BCUT2D eigenvalue weighted by Crippen LogP contribution is -2.05.